The van der Waals surface area contributed by atoms with Crippen LogP contribution in [0, 0.1) is 13.8 Å². The Morgan fingerprint density at radius 3 is 2.50 bits per heavy atom. The Labute approximate surface area is 99.0 Å². The molecule has 0 bridgehead atoms. The second kappa shape index (κ2) is 5.65. The number of carbonyl (C=O) groups is 2. The van der Waals surface area contributed by atoms with Crippen LogP contribution in [-0.4, -0.2) is 24.9 Å². The molecule has 0 aliphatic rings. The van der Waals surface area contributed by atoms with Gasteiger partial charge >= 0.3 is 0 Å². The minimum Gasteiger partial charge on any atom is -0.355 e. The highest BCUT2D eigenvalue weighted by atomic mass is 32.1. The number of aryl methyl sites for hydroxylation is 2. The maximum absolute atomic E-state index is 11.6. The molecule has 1 rings (SSSR count). The van der Waals surface area contributed by atoms with Gasteiger partial charge in [0.1, 0.15) is 0 Å². The Kier molecular flexibility index (Phi) is 4.49. The number of likely N-dealkylation sites (N-methyl/N-ethyl adjacent to an activating group) is 1. The third kappa shape index (κ3) is 3.34. The molecule has 4 nitrogen and oxygen atoms in total. The fraction of sp³-hybridized carbons (Fsp3) is 0.455. The minimum atomic E-state index is -0.188. The van der Waals surface area contributed by atoms with Crippen LogP contribution in [0.4, 0.5) is 0 Å². The van der Waals surface area contributed by atoms with Crippen molar-refractivity contribution in [2.75, 3.05) is 13.1 Å². The predicted octanol–water partition coefficient (Wildman–Crippen LogP) is 1.23. The fourth-order valence-corrected chi connectivity index (χ4v) is 2.14. The molecule has 0 atom stereocenters. The summed E-state index contributed by atoms with van der Waals surface area (Å²) in [6, 6.07) is 1.84. The van der Waals surface area contributed by atoms with E-state index in [-0.39, 0.29) is 18.4 Å². The van der Waals surface area contributed by atoms with Crippen LogP contribution in [0.25, 0.3) is 0 Å². The average molecular weight is 240 g/mol. The van der Waals surface area contributed by atoms with E-state index in [0.29, 0.717) is 11.4 Å². The van der Waals surface area contributed by atoms with Crippen molar-refractivity contribution in [1.29, 1.82) is 0 Å². The number of amides is 2. The van der Waals surface area contributed by atoms with Crippen molar-refractivity contribution < 1.29 is 9.59 Å². The van der Waals surface area contributed by atoms with Gasteiger partial charge in [0, 0.05) is 11.4 Å². The first-order chi connectivity index (χ1) is 7.54. The summed E-state index contributed by atoms with van der Waals surface area (Å²) < 4.78 is 0. The molecule has 0 aliphatic heterocycles. The molecule has 0 aromatic carbocycles. The van der Waals surface area contributed by atoms with Gasteiger partial charge in [-0.1, -0.05) is 0 Å². The highest BCUT2D eigenvalue weighted by molar-refractivity contribution is 7.14. The van der Waals surface area contributed by atoms with Gasteiger partial charge in [-0.25, -0.2) is 0 Å². The van der Waals surface area contributed by atoms with Crippen LogP contribution in [0.2, 0.25) is 0 Å². The summed E-state index contributed by atoms with van der Waals surface area (Å²) in [7, 11) is 0. The van der Waals surface area contributed by atoms with Crippen molar-refractivity contribution in [2.24, 2.45) is 0 Å². The molecule has 2 amide bonds. The minimum absolute atomic E-state index is 0.0304. The Morgan fingerprint density at radius 1 is 1.31 bits per heavy atom. The highest BCUT2D eigenvalue weighted by Crippen LogP contribution is 2.20. The molecule has 1 aromatic rings. The summed E-state index contributed by atoms with van der Waals surface area (Å²) in [4.78, 5) is 24.5. The summed E-state index contributed by atoms with van der Waals surface area (Å²) in [6.07, 6.45) is 0. The van der Waals surface area contributed by atoms with Gasteiger partial charge in [0.25, 0.3) is 5.91 Å². The molecule has 0 fully saturated rings. The number of hydrogen-bond donors (Lipinski definition) is 2. The van der Waals surface area contributed by atoms with E-state index in [4.69, 9.17) is 0 Å². The van der Waals surface area contributed by atoms with E-state index in [1.807, 2.05) is 26.8 Å². The van der Waals surface area contributed by atoms with E-state index in [0.717, 1.165) is 10.4 Å². The summed E-state index contributed by atoms with van der Waals surface area (Å²) in [6.45, 7) is 6.38. The monoisotopic (exact) mass is 240 g/mol. The van der Waals surface area contributed by atoms with Crippen molar-refractivity contribution in [3.63, 3.8) is 0 Å². The van der Waals surface area contributed by atoms with E-state index in [9.17, 15) is 9.59 Å². The first-order valence-corrected chi connectivity index (χ1v) is 5.98. The second-order valence-corrected chi connectivity index (χ2v) is 4.74. The fourth-order valence-electron chi connectivity index (χ4n) is 1.19. The zero-order valence-corrected chi connectivity index (χ0v) is 10.5. The van der Waals surface area contributed by atoms with Gasteiger partial charge < -0.3 is 10.6 Å². The van der Waals surface area contributed by atoms with E-state index in [2.05, 4.69) is 10.6 Å². The second-order valence-electron chi connectivity index (χ2n) is 3.49. The van der Waals surface area contributed by atoms with Gasteiger partial charge in [0.05, 0.1) is 11.4 Å². The lowest BCUT2D eigenvalue weighted by molar-refractivity contribution is -0.120. The zero-order valence-electron chi connectivity index (χ0n) is 9.72. The van der Waals surface area contributed by atoms with E-state index in [1.54, 1.807) is 0 Å². The summed E-state index contributed by atoms with van der Waals surface area (Å²) in [5.41, 5.74) is 1.10. The first-order valence-electron chi connectivity index (χ1n) is 5.16. The standard InChI is InChI=1S/C11H16N2O2S/c1-4-12-10(14)6-13-11(15)9-5-7(2)8(3)16-9/h5H,4,6H2,1-3H3,(H,12,14)(H,13,15). The molecule has 0 aliphatic carbocycles. The van der Waals surface area contributed by atoms with Crippen LogP contribution in [0.1, 0.15) is 27.0 Å². The molecule has 0 unspecified atom stereocenters. The Balaban J connectivity index is 2.50. The normalized spacial score (nSPS) is 9.94. The topological polar surface area (TPSA) is 58.2 Å². The van der Waals surface area contributed by atoms with Crippen molar-refractivity contribution in [3.8, 4) is 0 Å². The Morgan fingerprint density at radius 2 is 2.00 bits per heavy atom. The van der Waals surface area contributed by atoms with Crippen molar-refractivity contribution in [3.05, 3.63) is 21.4 Å². The quantitative estimate of drug-likeness (QED) is 0.831. The molecule has 1 heterocycles. The maximum atomic E-state index is 11.6. The lowest BCUT2D eigenvalue weighted by Crippen LogP contribution is -2.36. The van der Waals surface area contributed by atoms with Crippen molar-refractivity contribution in [1.82, 2.24) is 10.6 Å². The molecule has 0 saturated heterocycles. The van der Waals surface area contributed by atoms with Gasteiger partial charge in [-0.3, -0.25) is 9.59 Å². The molecule has 2 N–H and O–H groups in total. The first kappa shape index (κ1) is 12.7. The van der Waals surface area contributed by atoms with E-state index in [1.165, 1.54) is 11.3 Å². The molecule has 0 saturated carbocycles. The molecule has 0 radical (unpaired) electrons. The smallest absolute Gasteiger partial charge is 0.261 e. The zero-order chi connectivity index (χ0) is 12.1. The lowest BCUT2D eigenvalue weighted by Gasteiger charge is -2.03. The van der Waals surface area contributed by atoms with E-state index >= 15 is 0 Å². The number of carbonyl (C=O) groups excluding carboxylic acids is 2. The van der Waals surface area contributed by atoms with Crippen LogP contribution in [0.3, 0.4) is 0 Å². The number of thiophene rings is 1. The van der Waals surface area contributed by atoms with Gasteiger partial charge in [0.2, 0.25) is 5.91 Å². The van der Waals surface area contributed by atoms with Gasteiger partial charge in [0.15, 0.2) is 0 Å². The highest BCUT2D eigenvalue weighted by Gasteiger charge is 2.11. The Bertz CT molecular complexity index is 379. The molecule has 88 valence electrons. The van der Waals surface area contributed by atoms with Crippen LogP contribution in [-0.2, 0) is 4.79 Å². The number of nitrogens with one attached hydrogen (secondary N) is 2. The molecule has 0 spiro atoms. The largest absolute Gasteiger partial charge is 0.355 e. The van der Waals surface area contributed by atoms with Crippen molar-refractivity contribution in [2.45, 2.75) is 20.8 Å². The van der Waals surface area contributed by atoms with Gasteiger partial charge in [-0.15, -0.1) is 11.3 Å². The molecule has 16 heavy (non-hydrogen) atoms. The average Bonchev–Trinajstić information content (AvgIpc) is 2.56. The molecular formula is C11H16N2O2S. The molecule has 5 heteroatoms. The SMILES string of the molecule is CCNC(=O)CNC(=O)c1cc(C)c(C)s1. The van der Waals surface area contributed by atoms with Crippen molar-refractivity contribution >= 4 is 23.2 Å². The van der Waals surface area contributed by atoms with Crippen LogP contribution < -0.4 is 10.6 Å². The third-order valence-corrected chi connectivity index (χ3v) is 3.32. The maximum Gasteiger partial charge on any atom is 0.261 e. The van der Waals surface area contributed by atoms with E-state index < -0.39 is 0 Å². The van der Waals surface area contributed by atoms with Gasteiger partial charge in [-0.05, 0) is 32.4 Å². The lowest BCUT2D eigenvalue weighted by atomic mass is 10.3. The summed E-state index contributed by atoms with van der Waals surface area (Å²) in [5, 5.41) is 5.20. The number of hydrogen-bond acceptors (Lipinski definition) is 3. The van der Waals surface area contributed by atoms with Crippen LogP contribution >= 0.6 is 11.3 Å². The number of rotatable bonds is 4. The summed E-state index contributed by atoms with van der Waals surface area (Å²) >= 11 is 1.44. The Hall–Kier alpha value is -1.36. The third-order valence-electron chi connectivity index (χ3n) is 2.17. The predicted molar refractivity (Wildman–Crippen MR) is 64.8 cm³/mol. The van der Waals surface area contributed by atoms with Gasteiger partial charge in [-0.2, -0.15) is 0 Å². The van der Waals surface area contributed by atoms with Crippen LogP contribution in [0.5, 0.6) is 0 Å². The molecular weight excluding hydrogens is 224 g/mol. The summed E-state index contributed by atoms with van der Waals surface area (Å²) in [5.74, 6) is -0.353. The van der Waals surface area contributed by atoms with Crippen LogP contribution in [0.15, 0.2) is 6.07 Å². The molecule has 1 aromatic heterocycles.